The van der Waals surface area contributed by atoms with E-state index in [4.69, 9.17) is 28.0 Å². The number of amides is 4. The molecule has 13 nitrogen and oxygen atoms in total. The van der Waals surface area contributed by atoms with E-state index in [0.29, 0.717) is 42.7 Å². The van der Waals surface area contributed by atoms with Crippen LogP contribution in [0.3, 0.4) is 0 Å². The summed E-state index contributed by atoms with van der Waals surface area (Å²) in [7, 11) is 0. The van der Waals surface area contributed by atoms with Gasteiger partial charge in [-0.1, -0.05) is 54.6 Å². The molecule has 0 aliphatic carbocycles. The van der Waals surface area contributed by atoms with Crippen molar-refractivity contribution < 1.29 is 19.2 Å². The van der Waals surface area contributed by atoms with E-state index in [9.17, 15) is 19.2 Å². The molecule has 11 N–H and O–H groups in total. The lowest BCUT2D eigenvalue weighted by Crippen LogP contribution is -2.52. The molecule has 13 heteroatoms. The van der Waals surface area contributed by atoms with Crippen LogP contribution in [0, 0.1) is 16.7 Å². The predicted octanol–water partition coefficient (Wildman–Crippen LogP) is 0.233. The number of amidine groups is 1. The van der Waals surface area contributed by atoms with Crippen LogP contribution in [-0.2, 0) is 25.6 Å². The summed E-state index contributed by atoms with van der Waals surface area (Å²) in [4.78, 5) is 54.9. The van der Waals surface area contributed by atoms with E-state index in [1.807, 2.05) is 0 Å². The van der Waals surface area contributed by atoms with E-state index in [1.54, 1.807) is 59.5 Å². The number of hydrogen-bond acceptors (Lipinski definition) is 6. The molecule has 0 aromatic heterocycles. The van der Waals surface area contributed by atoms with E-state index in [1.165, 1.54) is 0 Å². The molecule has 0 saturated carbocycles. The van der Waals surface area contributed by atoms with Crippen LogP contribution in [0.1, 0.15) is 54.8 Å². The summed E-state index contributed by atoms with van der Waals surface area (Å²) in [6.07, 6.45) is 3.36. The molecule has 1 fully saturated rings. The molecular weight excluding hydrogens is 550 g/mol. The molecule has 0 spiro atoms. The van der Waals surface area contributed by atoms with Gasteiger partial charge in [0.1, 0.15) is 23.8 Å². The van der Waals surface area contributed by atoms with E-state index in [2.05, 4.69) is 16.0 Å². The quantitative estimate of drug-likeness (QED) is 0.0658. The molecule has 0 radical (unpaired) electrons. The first-order valence-electron chi connectivity index (χ1n) is 14.3. The number of likely N-dealkylation sites (tertiary alicyclic amines) is 1. The number of carbonyl (C=O) groups excluding carboxylic acids is 4. The smallest absolute Gasteiger partial charge is 0.247 e. The van der Waals surface area contributed by atoms with E-state index in [0.717, 1.165) is 19.3 Å². The van der Waals surface area contributed by atoms with Crippen LogP contribution in [0.5, 0.6) is 0 Å². The number of benzene rings is 2. The zero-order valence-electron chi connectivity index (χ0n) is 24.1. The van der Waals surface area contributed by atoms with Crippen LogP contribution in [-0.4, -0.2) is 66.0 Å². The third-order valence-corrected chi connectivity index (χ3v) is 7.31. The lowest BCUT2D eigenvalue weighted by Gasteiger charge is -2.31. The molecule has 1 aliphatic rings. The van der Waals surface area contributed by atoms with Crippen LogP contribution in [0.15, 0.2) is 54.6 Å². The maximum absolute atomic E-state index is 13.9. The van der Waals surface area contributed by atoms with Crippen LogP contribution in [0.25, 0.3) is 0 Å². The maximum atomic E-state index is 13.9. The molecular formula is C30H41N9O4. The Labute approximate surface area is 250 Å². The molecule has 4 amide bonds. The van der Waals surface area contributed by atoms with Crippen molar-refractivity contribution in [3.8, 4) is 0 Å². The zero-order chi connectivity index (χ0) is 31.4. The summed E-state index contributed by atoms with van der Waals surface area (Å²) in [6, 6.07) is 13.1. The van der Waals surface area contributed by atoms with Gasteiger partial charge < -0.3 is 38.1 Å². The number of nitrogen functional groups attached to an aromatic ring is 1. The van der Waals surface area contributed by atoms with Crippen molar-refractivity contribution >= 4 is 35.4 Å². The highest BCUT2D eigenvalue weighted by atomic mass is 16.2. The minimum atomic E-state index is -1.21. The maximum Gasteiger partial charge on any atom is 0.247 e. The number of carbonyl (C=O) groups is 4. The van der Waals surface area contributed by atoms with Crippen molar-refractivity contribution in [2.45, 2.75) is 50.6 Å². The number of guanidine groups is 1. The summed E-state index contributed by atoms with van der Waals surface area (Å²) >= 11 is 0. The Bertz CT molecular complexity index is 1290. The highest BCUT2D eigenvalue weighted by Gasteiger charge is 2.35. The predicted molar refractivity (Wildman–Crippen MR) is 163 cm³/mol. The molecule has 0 bridgehead atoms. The molecule has 1 saturated heterocycles. The Morgan fingerprint density at radius 1 is 0.837 bits per heavy atom. The van der Waals surface area contributed by atoms with E-state index in [-0.39, 0.29) is 30.5 Å². The van der Waals surface area contributed by atoms with Gasteiger partial charge in [0.15, 0.2) is 5.96 Å². The molecule has 3 rings (SSSR count). The standard InChI is InChI=1S/C30H41N9O4/c31-25(32)21-13-11-19(12-14-21)18-22(29(43)39-16-5-2-6-17-39)27(41)38-24(20-8-3-1-4-9-20)28(42)37-23(26(33)40)10-7-15-36-30(34)35/h1,3-4,8-9,11-14,22-24H,2,5-7,10,15-18H2,(H3,31,32)(H2,33,40)(H,37,42)(H,38,41)(H4,34,35,36)/t22-,23?,24-/m0/s1. The highest BCUT2D eigenvalue weighted by molar-refractivity contribution is 6.02. The second kappa shape index (κ2) is 15.9. The lowest BCUT2D eigenvalue weighted by atomic mass is 9.94. The molecule has 3 atom stereocenters. The first kappa shape index (κ1) is 32.6. The topological polar surface area (TPSA) is 233 Å². The van der Waals surface area contributed by atoms with Gasteiger partial charge in [-0.25, -0.2) is 0 Å². The normalized spacial score (nSPS) is 14.9. The molecule has 230 valence electrons. The first-order chi connectivity index (χ1) is 20.6. The van der Waals surface area contributed by atoms with Crippen molar-refractivity contribution in [3.05, 3.63) is 71.3 Å². The Balaban J connectivity index is 1.84. The van der Waals surface area contributed by atoms with Crippen LogP contribution in [0.4, 0.5) is 0 Å². The Morgan fingerprint density at radius 3 is 2.07 bits per heavy atom. The zero-order valence-corrected chi connectivity index (χ0v) is 24.1. The minimum absolute atomic E-state index is 0.0789. The Kier molecular flexibility index (Phi) is 12.0. The summed E-state index contributed by atoms with van der Waals surface area (Å²) in [5.41, 5.74) is 18.1. The molecule has 1 heterocycles. The van der Waals surface area contributed by atoms with Crippen molar-refractivity contribution in [1.29, 1.82) is 10.8 Å². The number of nitrogens with zero attached hydrogens (tertiary/aromatic N) is 1. The van der Waals surface area contributed by atoms with Gasteiger partial charge in [0, 0.05) is 25.2 Å². The second-order valence-corrected chi connectivity index (χ2v) is 10.6. The van der Waals surface area contributed by atoms with Crippen LogP contribution >= 0.6 is 0 Å². The average molecular weight is 592 g/mol. The van der Waals surface area contributed by atoms with Gasteiger partial charge in [0.25, 0.3) is 0 Å². The SMILES string of the molecule is N=C(N)NCCCC(NC(=O)[C@@H](NC(=O)[C@H](Cc1ccc(C(=N)N)cc1)C(=O)N1CCCCC1)c1ccccc1)C(N)=O. The molecule has 2 aromatic rings. The van der Waals surface area contributed by atoms with E-state index >= 15 is 0 Å². The monoisotopic (exact) mass is 591 g/mol. The Morgan fingerprint density at radius 2 is 1.49 bits per heavy atom. The molecule has 1 aliphatic heterocycles. The number of primary amides is 1. The van der Waals surface area contributed by atoms with Gasteiger partial charge in [-0.3, -0.25) is 30.0 Å². The largest absolute Gasteiger partial charge is 0.384 e. The molecule has 43 heavy (non-hydrogen) atoms. The van der Waals surface area contributed by atoms with Gasteiger partial charge in [0.2, 0.25) is 23.6 Å². The third-order valence-electron chi connectivity index (χ3n) is 7.31. The van der Waals surface area contributed by atoms with Gasteiger partial charge in [-0.15, -0.1) is 0 Å². The fourth-order valence-corrected chi connectivity index (χ4v) is 4.94. The fraction of sp³-hybridized carbons (Fsp3) is 0.400. The Hall–Kier alpha value is -4.94. The summed E-state index contributed by atoms with van der Waals surface area (Å²) in [6.45, 7) is 1.40. The second-order valence-electron chi connectivity index (χ2n) is 10.6. The third kappa shape index (κ3) is 9.83. The van der Waals surface area contributed by atoms with Gasteiger partial charge in [0.05, 0.1) is 0 Å². The number of nitrogens with one attached hydrogen (secondary N) is 5. The minimum Gasteiger partial charge on any atom is -0.384 e. The molecule has 2 aromatic carbocycles. The van der Waals surface area contributed by atoms with Gasteiger partial charge >= 0.3 is 0 Å². The number of hydrogen-bond donors (Lipinski definition) is 8. The number of nitrogens with two attached hydrogens (primary N) is 3. The van der Waals surface area contributed by atoms with E-state index < -0.39 is 35.7 Å². The number of rotatable bonds is 14. The fourth-order valence-electron chi connectivity index (χ4n) is 4.94. The van der Waals surface area contributed by atoms with Crippen molar-refractivity contribution in [2.24, 2.45) is 23.1 Å². The highest BCUT2D eigenvalue weighted by Crippen LogP contribution is 2.20. The molecule has 1 unspecified atom stereocenters. The summed E-state index contributed by atoms with van der Waals surface area (Å²) < 4.78 is 0. The van der Waals surface area contributed by atoms with Crippen LogP contribution < -0.4 is 33.2 Å². The number of piperidine rings is 1. The van der Waals surface area contributed by atoms with Crippen molar-refractivity contribution in [2.75, 3.05) is 19.6 Å². The van der Waals surface area contributed by atoms with Crippen LogP contribution in [0.2, 0.25) is 0 Å². The summed E-state index contributed by atoms with van der Waals surface area (Å²) in [5.74, 6) is -3.78. The van der Waals surface area contributed by atoms with Crippen molar-refractivity contribution in [1.82, 2.24) is 20.9 Å². The van der Waals surface area contributed by atoms with Gasteiger partial charge in [-0.05, 0) is 49.7 Å². The summed E-state index contributed by atoms with van der Waals surface area (Å²) in [5, 5.41) is 22.9. The average Bonchev–Trinajstić information content (AvgIpc) is 3.00. The lowest BCUT2D eigenvalue weighted by molar-refractivity contribution is -0.144. The first-order valence-corrected chi connectivity index (χ1v) is 14.3. The van der Waals surface area contributed by atoms with Crippen molar-refractivity contribution in [3.63, 3.8) is 0 Å². The van der Waals surface area contributed by atoms with Gasteiger partial charge in [-0.2, -0.15) is 0 Å².